The topological polar surface area (TPSA) is 143 Å². The Kier molecular flexibility index (Phi) is 5.49. The Morgan fingerprint density at radius 3 is 2.39 bits per heavy atom. The van der Waals surface area contributed by atoms with Gasteiger partial charge in [0.2, 0.25) is 11.8 Å². The molecule has 0 radical (unpaired) electrons. The van der Waals surface area contributed by atoms with E-state index in [-0.39, 0.29) is 35.9 Å². The lowest BCUT2D eigenvalue weighted by atomic mass is 9.44. The van der Waals surface area contributed by atoms with Crippen LogP contribution in [0.5, 0.6) is 0 Å². The molecule has 5 aliphatic rings. The number of carbonyl (C=O) groups excluding carboxylic acids is 5. The number of nitrogens with one attached hydrogen (secondary N) is 3. The number of carbonyl (C=O) groups is 5. The number of piperidine rings is 1. The molecule has 36 heavy (non-hydrogen) atoms. The van der Waals surface area contributed by atoms with Crippen molar-refractivity contribution in [3.05, 3.63) is 34.9 Å². The Bertz CT molecular complexity index is 1150. The van der Waals surface area contributed by atoms with Gasteiger partial charge in [-0.25, -0.2) is 9.59 Å². The first kappa shape index (κ1) is 24.1. The van der Waals surface area contributed by atoms with E-state index in [9.17, 15) is 24.0 Å². The van der Waals surface area contributed by atoms with Crippen LogP contribution in [0.3, 0.4) is 0 Å². The summed E-state index contributed by atoms with van der Waals surface area (Å²) in [7, 11) is 0. The summed E-state index contributed by atoms with van der Waals surface area (Å²) in [5, 5.41) is 8.08. The van der Waals surface area contributed by atoms with Crippen LogP contribution in [-0.2, 0) is 32.2 Å². The lowest BCUT2D eigenvalue weighted by molar-refractivity contribution is -0.136. The summed E-state index contributed by atoms with van der Waals surface area (Å²) in [6, 6.07) is 4.59. The van der Waals surface area contributed by atoms with Crippen LogP contribution in [0.1, 0.15) is 74.4 Å². The molecule has 2 aliphatic heterocycles. The fourth-order valence-corrected chi connectivity index (χ4v) is 5.67. The third-order valence-corrected chi connectivity index (χ3v) is 7.13. The van der Waals surface area contributed by atoms with Gasteiger partial charge < -0.3 is 25.0 Å². The lowest BCUT2D eigenvalue weighted by Gasteiger charge is -2.69. The van der Waals surface area contributed by atoms with Gasteiger partial charge in [-0.3, -0.25) is 19.7 Å². The van der Waals surface area contributed by atoms with Crippen molar-refractivity contribution in [3.63, 3.8) is 0 Å². The van der Waals surface area contributed by atoms with E-state index in [1.807, 2.05) is 0 Å². The number of fused-ring (bicyclic) bond motifs is 1. The van der Waals surface area contributed by atoms with Gasteiger partial charge in [0.1, 0.15) is 18.2 Å². The second-order valence-corrected chi connectivity index (χ2v) is 11.3. The molecule has 1 atom stereocenters. The molecule has 1 saturated heterocycles. The molecule has 0 spiro atoms. The number of hydrogen-bond acceptors (Lipinski definition) is 7. The van der Waals surface area contributed by atoms with E-state index in [2.05, 4.69) is 16.0 Å². The number of imide groups is 1. The maximum atomic E-state index is 12.9. The van der Waals surface area contributed by atoms with E-state index < -0.39 is 29.7 Å². The number of nitrogens with zero attached hydrogens (tertiary/aromatic N) is 1. The molecule has 1 unspecified atom stereocenters. The molecule has 1 aromatic carbocycles. The maximum Gasteiger partial charge on any atom is 0.408 e. The van der Waals surface area contributed by atoms with Crippen molar-refractivity contribution < 1.29 is 33.4 Å². The molecule has 11 heteroatoms. The number of benzene rings is 1. The van der Waals surface area contributed by atoms with Crippen LogP contribution >= 0.6 is 0 Å². The van der Waals surface area contributed by atoms with E-state index in [1.165, 1.54) is 4.90 Å². The van der Waals surface area contributed by atoms with Crippen molar-refractivity contribution in [1.82, 2.24) is 20.9 Å². The monoisotopic (exact) mass is 498 g/mol. The number of ether oxygens (including phenoxy) is 2. The van der Waals surface area contributed by atoms with Crippen molar-refractivity contribution in [2.45, 2.75) is 88.7 Å². The van der Waals surface area contributed by atoms with Crippen LogP contribution in [-0.4, -0.2) is 57.5 Å². The number of alkyl carbamates (subject to hydrolysis) is 2. The van der Waals surface area contributed by atoms with Gasteiger partial charge in [0.15, 0.2) is 0 Å². The first-order valence-corrected chi connectivity index (χ1v) is 12.1. The van der Waals surface area contributed by atoms with E-state index in [0.717, 1.165) is 5.56 Å². The van der Waals surface area contributed by atoms with Gasteiger partial charge >= 0.3 is 12.2 Å². The number of rotatable bonds is 5. The van der Waals surface area contributed by atoms with Gasteiger partial charge in [0, 0.05) is 18.5 Å². The summed E-state index contributed by atoms with van der Waals surface area (Å²) < 4.78 is 10.7. The van der Waals surface area contributed by atoms with Gasteiger partial charge in [0.25, 0.3) is 5.91 Å². The highest BCUT2D eigenvalue weighted by Crippen LogP contribution is 2.60. The molecule has 4 fully saturated rings. The largest absolute Gasteiger partial charge is 0.445 e. The predicted octanol–water partition coefficient (Wildman–Crippen LogP) is 1.87. The third kappa shape index (κ3) is 4.49. The minimum Gasteiger partial charge on any atom is -0.445 e. The maximum absolute atomic E-state index is 12.9. The fraction of sp³-hybridized carbons (Fsp3) is 0.560. The second kappa shape index (κ2) is 8.21. The second-order valence-electron chi connectivity index (χ2n) is 11.3. The summed E-state index contributed by atoms with van der Waals surface area (Å²) in [5.41, 5.74) is 0.638. The van der Waals surface area contributed by atoms with Gasteiger partial charge in [0.05, 0.1) is 11.1 Å². The Morgan fingerprint density at radius 1 is 1.08 bits per heavy atom. The zero-order valence-corrected chi connectivity index (χ0v) is 20.6. The van der Waals surface area contributed by atoms with E-state index in [0.29, 0.717) is 43.4 Å². The molecule has 6 rings (SSSR count). The predicted molar refractivity (Wildman–Crippen MR) is 124 cm³/mol. The minimum absolute atomic E-state index is 0.0117. The Hall–Kier alpha value is -3.63. The average Bonchev–Trinajstić information content (AvgIpc) is 3.04. The average molecular weight is 499 g/mol. The molecule has 3 saturated carbocycles. The quantitative estimate of drug-likeness (QED) is 0.526. The van der Waals surface area contributed by atoms with Crippen molar-refractivity contribution in [3.8, 4) is 0 Å². The first-order valence-electron chi connectivity index (χ1n) is 12.1. The molecule has 192 valence electrons. The molecule has 3 N–H and O–H groups in total. The SMILES string of the molecule is CC(C)(C)OC(=O)NC12CC(NC(=O)OCc3ccc4c(c3)C(=O)N(C3CCC(=O)NC3=O)C4)(C1)C2. The highest BCUT2D eigenvalue weighted by atomic mass is 16.6. The Balaban J connectivity index is 1.10. The van der Waals surface area contributed by atoms with Gasteiger partial charge in [-0.15, -0.1) is 0 Å². The molecule has 1 aromatic rings. The Labute approximate surface area is 208 Å². The molecule has 5 amide bonds. The van der Waals surface area contributed by atoms with E-state index in [4.69, 9.17) is 9.47 Å². The van der Waals surface area contributed by atoms with Crippen LogP contribution in [0.2, 0.25) is 0 Å². The summed E-state index contributed by atoms with van der Waals surface area (Å²) in [5.74, 6) is -1.06. The fourth-order valence-electron chi connectivity index (χ4n) is 5.67. The van der Waals surface area contributed by atoms with Gasteiger partial charge in [-0.2, -0.15) is 0 Å². The van der Waals surface area contributed by atoms with E-state index >= 15 is 0 Å². The Morgan fingerprint density at radius 2 is 1.75 bits per heavy atom. The summed E-state index contributed by atoms with van der Waals surface area (Å²) in [6.07, 6.45) is 1.35. The summed E-state index contributed by atoms with van der Waals surface area (Å²) in [4.78, 5) is 62.4. The molecular formula is C25H30N4O7. The minimum atomic E-state index is -0.672. The normalized spacial score (nSPS) is 28.4. The lowest BCUT2D eigenvalue weighted by Crippen LogP contribution is -2.83. The van der Waals surface area contributed by atoms with Gasteiger partial charge in [-0.05, 0) is 63.6 Å². The van der Waals surface area contributed by atoms with E-state index in [1.54, 1.807) is 39.0 Å². The zero-order valence-electron chi connectivity index (χ0n) is 20.6. The van der Waals surface area contributed by atoms with Crippen molar-refractivity contribution in [2.24, 2.45) is 0 Å². The van der Waals surface area contributed by atoms with Crippen molar-refractivity contribution in [2.75, 3.05) is 0 Å². The summed E-state index contributed by atoms with van der Waals surface area (Å²) in [6.45, 7) is 5.70. The highest BCUT2D eigenvalue weighted by Gasteiger charge is 2.69. The summed E-state index contributed by atoms with van der Waals surface area (Å²) >= 11 is 0. The number of amides is 5. The number of hydrogen-bond donors (Lipinski definition) is 3. The van der Waals surface area contributed by atoms with Crippen LogP contribution < -0.4 is 16.0 Å². The van der Waals surface area contributed by atoms with Crippen LogP contribution in [0.25, 0.3) is 0 Å². The standard InChI is InChI=1S/C25H30N4O7/c1-23(2,3)36-22(34)28-25-11-24(12-25,13-25)27-21(33)35-10-14-4-5-15-9-29(20(32)16(15)8-14)17-6-7-18(30)26-19(17)31/h4-5,8,17H,6-7,9-13H2,1-3H3,(H,27,33)(H,28,34)(H,26,30,31). The smallest absolute Gasteiger partial charge is 0.408 e. The zero-order chi connectivity index (χ0) is 25.9. The molecular weight excluding hydrogens is 468 g/mol. The highest BCUT2D eigenvalue weighted by molar-refractivity contribution is 6.05. The van der Waals surface area contributed by atoms with Crippen molar-refractivity contribution >= 4 is 29.9 Å². The van der Waals surface area contributed by atoms with Crippen molar-refractivity contribution in [1.29, 1.82) is 0 Å². The third-order valence-electron chi connectivity index (χ3n) is 7.13. The van der Waals surface area contributed by atoms with Crippen LogP contribution in [0.4, 0.5) is 9.59 Å². The molecule has 2 bridgehead atoms. The molecule has 2 heterocycles. The molecule has 3 aliphatic carbocycles. The van der Waals surface area contributed by atoms with Crippen LogP contribution in [0.15, 0.2) is 18.2 Å². The van der Waals surface area contributed by atoms with Crippen LogP contribution in [0, 0.1) is 0 Å². The molecule has 11 nitrogen and oxygen atoms in total. The molecule has 0 aromatic heterocycles. The first-order chi connectivity index (χ1) is 16.9. The van der Waals surface area contributed by atoms with Gasteiger partial charge in [-0.1, -0.05) is 12.1 Å².